The van der Waals surface area contributed by atoms with E-state index in [-0.39, 0.29) is 6.71 Å². The predicted molar refractivity (Wildman–Crippen MR) is 245 cm³/mol. The first-order chi connectivity index (χ1) is 28.6. The van der Waals surface area contributed by atoms with Crippen LogP contribution in [0.15, 0.2) is 206 Å². The van der Waals surface area contributed by atoms with Crippen molar-refractivity contribution >= 4 is 57.5 Å². The van der Waals surface area contributed by atoms with Crippen molar-refractivity contribution < 1.29 is 9.47 Å². The maximum Gasteiger partial charge on any atom is 0.262 e. The molecule has 10 rings (SSSR count). The van der Waals surface area contributed by atoms with E-state index >= 15 is 0 Å². The maximum atomic E-state index is 6.96. The minimum Gasteiger partial charge on any atom is -0.458 e. The highest BCUT2D eigenvalue weighted by Gasteiger charge is 2.45. The summed E-state index contributed by atoms with van der Waals surface area (Å²) in [7, 11) is -3.15. The SMILES string of the molecule is C/C=C\C=C(/C)c1cccc([Si](c2cccc(-c3ccccc3)c2)(c2cccc(-c3ccccc3)c2)c2ccc3c(c2)Oc2ccnc4c2B3c2ccccc2O4)c1. The Labute approximate surface area is 341 Å². The van der Waals surface area contributed by atoms with E-state index in [4.69, 9.17) is 9.47 Å². The van der Waals surface area contributed by atoms with E-state index in [2.05, 4.69) is 201 Å². The molecule has 5 heteroatoms. The Balaban J connectivity index is 1.28. The summed E-state index contributed by atoms with van der Waals surface area (Å²) in [6.45, 7) is 4.20. The zero-order valence-electron chi connectivity index (χ0n) is 32.5. The van der Waals surface area contributed by atoms with Crippen molar-refractivity contribution in [3.63, 3.8) is 0 Å². The summed E-state index contributed by atoms with van der Waals surface area (Å²) in [5.74, 6) is 3.08. The lowest BCUT2D eigenvalue weighted by molar-refractivity contribution is 0.450. The van der Waals surface area contributed by atoms with Crippen molar-refractivity contribution in [3.8, 4) is 45.4 Å². The first kappa shape index (κ1) is 35.5. The number of benzene rings is 7. The number of fused-ring (bicyclic) bond motifs is 4. The van der Waals surface area contributed by atoms with Gasteiger partial charge in [0.1, 0.15) is 17.2 Å². The summed E-state index contributed by atoms with van der Waals surface area (Å²) in [6, 6.07) is 66.6. The van der Waals surface area contributed by atoms with E-state index < -0.39 is 8.07 Å². The molecule has 2 aliphatic rings. The molecule has 7 aromatic carbocycles. The van der Waals surface area contributed by atoms with Gasteiger partial charge in [-0.1, -0.05) is 182 Å². The van der Waals surface area contributed by atoms with Gasteiger partial charge in [0, 0.05) is 11.7 Å². The number of aromatic nitrogens is 1. The van der Waals surface area contributed by atoms with E-state index in [0.29, 0.717) is 5.88 Å². The highest BCUT2D eigenvalue weighted by Crippen LogP contribution is 2.33. The molecule has 1 aromatic heterocycles. The second-order valence-electron chi connectivity index (χ2n) is 15.1. The van der Waals surface area contributed by atoms with E-state index in [1.807, 2.05) is 18.2 Å². The van der Waals surface area contributed by atoms with Gasteiger partial charge >= 0.3 is 0 Å². The van der Waals surface area contributed by atoms with Crippen molar-refractivity contribution in [1.29, 1.82) is 0 Å². The second kappa shape index (κ2) is 14.9. The van der Waals surface area contributed by atoms with Gasteiger partial charge in [-0.25, -0.2) is 4.98 Å². The monoisotopic (exact) mass is 761 g/mol. The van der Waals surface area contributed by atoms with Crippen LogP contribution in [0.5, 0.6) is 23.1 Å². The molecule has 0 N–H and O–H groups in total. The molecule has 3 nitrogen and oxygen atoms in total. The molecule has 2 aliphatic heterocycles. The van der Waals surface area contributed by atoms with Crippen molar-refractivity contribution in [2.24, 2.45) is 0 Å². The Morgan fingerprint density at radius 2 is 1.10 bits per heavy atom. The van der Waals surface area contributed by atoms with Gasteiger partial charge in [0.15, 0.2) is 8.07 Å². The van der Waals surface area contributed by atoms with Crippen LogP contribution in [0.2, 0.25) is 0 Å². The van der Waals surface area contributed by atoms with Gasteiger partial charge in [-0.15, -0.1) is 0 Å². The lowest BCUT2D eigenvalue weighted by atomic mass is 9.35. The summed E-state index contributed by atoms with van der Waals surface area (Å²) in [4.78, 5) is 4.66. The average molecular weight is 762 g/mol. The van der Waals surface area contributed by atoms with Crippen LogP contribution in [0.3, 0.4) is 0 Å². The molecule has 0 atom stereocenters. The third kappa shape index (κ3) is 6.03. The van der Waals surface area contributed by atoms with Crippen LogP contribution >= 0.6 is 0 Å². The van der Waals surface area contributed by atoms with Crippen LogP contribution in [0, 0.1) is 0 Å². The first-order valence-electron chi connectivity index (χ1n) is 19.9. The van der Waals surface area contributed by atoms with Gasteiger partial charge in [0.05, 0.1) is 0 Å². The number of pyridine rings is 1. The zero-order valence-corrected chi connectivity index (χ0v) is 33.5. The van der Waals surface area contributed by atoms with Gasteiger partial charge in [0.25, 0.3) is 6.71 Å². The van der Waals surface area contributed by atoms with Gasteiger partial charge in [-0.2, -0.15) is 0 Å². The van der Waals surface area contributed by atoms with Crippen molar-refractivity contribution in [2.45, 2.75) is 13.8 Å². The summed E-state index contributed by atoms with van der Waals surface area (Å²) in [6.07, 6.45) is 8.19. The van der Waals surface area contributed by atoms with Gasteiger partial charge < -0.3 is 9.47 Å². The second-order valence-corrected chi connectivity index (χ2v) is 18.9. The van der Waals surface area contributed by atoms with E-state index in [1.54, 1.807) is 6.20 Å². The highest BCUT2D eigenvalue weighted by molar-refractivity contribution is 7.20. The maximum absolute atomic E-state index is 6.96. The summed E-state index contributed by atoms with van der Waals surface area (Å²) in [5.41, 5.74) is 10.4. The Morgan fingerprint density at radius 3 is 1.79 bits per heavy atom. The molecule has 0 amide bonds. The molecule has 0 radical (unpaired) electrons. The minimum absolute atomic E-state index is 0.0666. The first-order valence-corrected chi connectivity index (χ1v) is 21.9. The molecule has 0 aliphatic carbocycles. The van der Waals surface area contributed by atoms with Gasteiger partial charge in [0.2, 0.25) is 5.88 Å². The largest absolute Gasteiger partial charge is 0.458 e. The molecular weight excluding hydrogens is 721 g/mol. The van der Waals surface area contributed by atoms with E-state index in [1.165, 1.54) is 54.1 Å². The smallest absolute Gasteiger partial charge is 0.262 e. The normalized spacial score (nSPS) is 12.9. The third-order valence-corrected chi connectivity index (χ3v) is 16.4. The van der Waals surface area contributed by atoms with Crippen molar-refractivity contribution in [2.75, 3.05) is 0 Å². The van der Waals surface area contributed by atoms with Crippen LogP contribution in [0.25, 0.3) is 27.8 Å². The molecule has 3 heterocycles. The van der Waals surface area contributed by atoms with Crippen LogP contribution in [-0.2, 0) is 0 Å². The zero-order chi connectivity index (χ0) is 39.1. The van der Waals surface area contributed by atoms with Crippen molar-refractivity contribution in [3.05, 3.63) is 212 Å². The Kier molecular flexibility index (Phi) is 9.08. The molecule has 0 bridgehead atoms. The lowest BCUT2D eigenvalue weighted by Crippen LogP contribution is -2.75. The summed E-state index contributed by atoms with van der Waals surface area (Å²) in [5, 5.41) is 5.13. The number of ether oxygens (including phenoxy) is 2. The Morgan fingerprint density at radius 1 is 0.517 bits per heavy atom. The van der Waals surface area contributed by atoms with Gasteiger partial charge in [-0.3, -0.25) is 0 Å². The molecule has 0 unspecified atom stereocenters. The minimum atomic E-state index is -3.15. The number of para-hydroxylation sites is 1. The molecule has 0 saturated carbocycles. The Bertz CT molecular complexity index is 2800. The molecule has 58 heavy (non-hydrogen) atoms. The van der Waals surface area contributed by atoms with Crippen molar-refractivity contribution in [1.82, 2.24) is 4.98 Å². The molecule has 8 aromatic rings. The summed E-state index contributed by atoms with van der Waals surface area (Å²) >= 11 is 0. The van der Waals surface area contributed by atoms with Crippen LogP contribution in [-0.4, -0.2) is 19.8 Å². The lowest BCUT2D eigenvalue weighted by Gasteiger charge is -2.37. The highest BCUT2D eigenvalue weighted by atomic mass is 28.3. The topological polar surface area (TPSA) is 31.4 Å². The van der Waals surface area contributed by atoms with Crippen LogP contribution in [0.1, 0.15) is 19.4 Å². The fraction of sp³-hybridized carbons (Fsp3) is 0.0377. The van der Waals surface area contributed by atoms with Gasteiger partial charge in [-0.05, 0) is 97.1 Å². The number of hydrogen-bond donors (Lipinski definition) is 0. The number of rotatable bonds is 8. The molecule has 0 fully saturated rings. The molecular formula is C53H40BNO2Si. The van der Waals surface area contributed by atoms with Crippen LogP contribution in [0.4, 0.5) is 0 Å². The van der Waals surface area contributed by atoms with Crippen LogP contribution < -0.4 is 46.6 Å². The number of hydrogen-bond acceptors (Lipinski definition) is 3. The molecule has 0 saturated heterocycles. The Hall–Kier alpha value is -6.95. The van der Waals surface area contributed by atoms with E-state index in [9.17, 15) is 0 Å². The number of nitrogens with zero attached hydrogens (tertiary/aromatic N) is 1. The number of allylic oxidation sites excluding steroid dienone is 4. The van der Waals surface area contributed by atoms with E-state index in [0.717, 1.165) is 33.6 Å². The molecule has 0 spiro atoms. The standard InChI is InChI=1S/C53H40BNO2Si/c1-3-4-16-37(2)40-21-13-24-43(33-40)58(44-25-14-22-41(34-44)38-17-7-5-8-18-38,45-26-15-23-42(35-45)39-19-9-6-10-20-39)46-29-30-48-51(36-46)56-50-31-32-55-53-52(50)54(48)47-27-11-12-28-49(47)57-53/h3-36H,1-2H3/b4-3-,37-16+. The quantitative estimate of drug-likeness (QED) is 0.0885. The summed E-state index contributed by atoms with van der Waals surface area (Å²) < 4.78 is 13.3. The predicted octanol–water partition coefficient (Wildman–Crippen LogP) is 8.50. The fourth-order valence-electron chi connectivity index (χ4n) is 8.94. The molecule has 276 valence electrons. The average Bonchev–Trinajstić information content (AvgIpc) is 3.29. The third-order valence-electron chi connectivity index (χ3n) is 11.7. The fourth-order valence-corrected chi connectivity index (χ4v) is 13.8.